The van der Waals surface area contributed by atoms with Gasteiger partial charge in [-0.05, 0) is 43.7 Å². The fourth-order valence-electron chi connectivity index (χ4n) is 2.70. The minimum Gasteiger partial charge on any atom is -0.363 e. The van der Waals surface area contributed by atoms with E-state index in [1.807, 2.05) is 87.4 Å². The van der Waals surface area contributed by atoms with E-state index in [1.165, 1.54) is 5.56 Å². The van der Waals surface area contributed by atoms with Gasteiger partial charge in [-0.15, -0.1) is 0 Å². The van der Waals surface area contributed by atoms with E-state index in [1.54, 1.807) is 0 Å². The molecule has 6 heteroatoms. The molecule has 28 heavy (non-hydrogen) atoms. The summed E-state index contributed by atoms with van der Waals surface area (Å²) in [6.45, 7) is 3.97. The average molecular weight is 375 g/mol. The Morgan fingerprint density at radius 3 is 2.21 bits per heavy atom. The first-order valence-electron chi connectivity index (χ1n) is 9.14. The van der Waals surface area contributed by atoms with Gasteiger partial charge in [-0.1, -0.05) is 29.8 Å². The Kier molecular flexibility index (Phi) is 5.89. The molecule has 0 radical (unpaired) electrons. The molecule has 6 nitrogen and oxygen atoms in total. The number of hydrogen-bond acceptors (Lipinski definition) is 5. The van der Waals surface area contributed by atoms with E-state index in [0.29, 0.717) is 12.4 Å². The van der Waals surface area contributed by atoms with Gasteiger partial charge in [0.15, 0.2) is 0 Å². The van der Waals surface area contributed by atoms with Crippen molar-refractivity contribution >= 4 is 29.0 Å². The lowest BCUT2D eigenvalue weighted by Gasteiger charge is -2.14. The number of aromatic nitrogens is 2. The van der Waals surface area contributed by atoms with Crippen LogP contribution in [0.5, 0.6) is 0 Å². The third kappa shape index (κ3) is 5.30. The van der Waals surface area contributed by atoms with Crippen LogP contribution in [0.2, 0.25) is 0 Å². The highest BCUT2D eigenvalue weighted by molar-refractivity contribution is 5.92. The molecule has 2 aromatic carbocycles. The van der Waals surface area contributed by atoms with Crippen LogP contribution >= 0.6 is 0 Å². The van der Waals surface area contributed by atoms with E-state index in [2.05, 4.69) is 20.6 Å². The monoisotopic (exact) mass is 375 g/mol. The highest BCUT2D eigenvalue weighted by Gasteiger charge is 2.06. The fourth-order valence-corrected chi connectivity index (χ4v) is 2.70. The molecule has 0 spiro atoms. The third-order valence-corrected chi connectivity index (χ3v) is 4.21. The Hall–Kier alpha value is -3.41. The van der Waals surface area contributed by atoms with Crippen molar-refractivity contribution in [2.75, 3.05) is 29.6 Å². The van der Waals surface area contributed by atoms with Crippen LogP contribution in [0.3, 0.4) is 0 Å². The number of carbonyl (C=O) groups is 1. The molecule has 3 aromatic rings. The summed E-state index contributed by atoms with van der Waals surface area (Å²) < 4.78 is 0. The van der Waals surface area contributed by atoms with E-state index in [4.69, 9.17) is 0 Å². The van der Waals surface area contributed by atoms with Crippen molar-refractivity contribution in [2.45, 2.75) is 20.3 Å². The molecule has 0 aliphatic rings. The van der Waals surface area contributed by atoms with E-state index < -0.39 is 0 Å². The van der Waals surface area contributed by atoms with Gasteiger partial charge in [0, 0.05) is 37.2 Å². The highest BCUT2D eigenvalue weighted by Crippen LogP contribution is 2.19. The van der Waals surface area contributed by atoms with Crippen LogP contribution in [-0.2, 0) is 11.2 Å². The van der Waals surface area contributed by atoms with Crippen molar-refractivity contribution < 1.29 is 4.79 Å². The summed E-state index contributed by atoms with van der Waals surface area (Å²) in [5.41, 5.74) is 4.67. The van der Waals surface area contributed by atoms with Crippen LogP contribution in [0.25, 0.3) is 0 Å². The van der Waals surface area contributed by atoms with E-state index in [0.717, 1.165) is 28.5 Å². The Bertz CT molecular complexity index is 950. The molecular formula is C22H25N5O. The van der Waals surface area contributed by atoms with Crippen LogP contribution in [0, 0.1) is 13.8 Å². The number of amides is 1. The number of aryl methyl sites for hydroxylation is 2. The minimum absolute atomic E-state index is 0.0396. The van der Waals surface area contributed by atoms with Gasteiger partial charge < -0.3 is 15.5 Å². The van der Waals surface area contributed by atoms with Crippen molar-refractivity contribution in [2.24, 2.45) is 0 Å². The maximum absolute atomic E-state index is 12.2. The molecule has 0 aliphatic heterocycles. The molecule has 3 rings (SSSR count). The summed E-state index contributed by atoms with van der Waals surface area (Å²) in [7, 11) is 3.89. The van der Waals surface area contributed by atoms with Crippen LogP contribution < -0.4 is 15.5 Å². The maximum atomic E-state index is 12.2. The zero-order valence-electron chi connectivity index (χ0n) is 16.7. The summed E-state index contributed by atoms with van der Waals surface area (Å²) in [5, 5.41) is 6.13. The number of anilines is 4. The highest BCUT2D eigenvalue weighted by atomic mass is 16.1. The summed E-state index contributed by atoms with van der Waals surface area (Å²) >= 11 is 0. The molecular weight excluding hydrogens is 350 g/mol. The van der Waals surface area contributed by atoms with Crippen molar-refractivity contribution in [3.63, 3.8) is 0 Å². The molecule has 0 aliphatic carbocycles. The Morgan fingerprint density at radius 1 is 0.929 bits per heavy atom. The molecule has 0 saturated carbocycles. The predicted molar refractivity (Wildman–Crippen MR) is 114 cm³/mol. The summed E-state index contributed by atoms with van der Waals surface area (Å²) in [5.74, 6) is 1.34. The zero-order valence-corrected chi connectivity index (χ0v) is 16.7. The van der Waals surface area contributed by atoms with Gasteiger partial charge in [0.25, 0.3) is 0 Å². The van der Waals surface area contributed by atoms with Gasteiger partial charge in [0.05, 0.1) is 6.42 Å². The number of nitrogens with one attached hydrogen (secondary N) is 2. The van der Waals surface area contributed by atoms with Crippen LogP contribution in [0.4, 0.5) is 23.1 Å². The van der Waals surface area contributed by atoms with E-state index >= 15 is 0 Å². The quantitative estimate of drug-likeness (QED) is 0.679. The molecule has 0 bridgehead atoms. The molecule has 144 valence electrons. The number of nitrogens with zero attached hydrogens (tertiary/aromatic N) is 3. The van der Waals surface area contributed by atoms with Gasteiger partial charge >= 0.3 is 0 Å². The van der Waals surface area contributed by atoms with Gasteiger partial charge in [-0.25, -0.2) is 4.98 Å². The first-order valence-corrected chi connectivity index (χ1v) is 9.14. The molecule has 0 saturated heterocycles. The van der Waals surface area contributed by atoms with Gasteiger partial charge in [0.2, 0.25) is 11.9 Å². The lowest BCUT2D eigenvalue weighted by Crippen LogP contribution is -2.14. The van der Waals surface area contributed by atoms with Gasteiger partial charge in [0.1, 0.15) is 5.82 Å². The first kappa shape index (κ1) is 19.4. The summed E-state index contributed by atoms with van der Waals surface area (Å²) in [6, 6.07) is 17.4. The van der Waals surface area contributed by atoms with E-state index in [9.17, 15) is 4.79 Å². The Morgan fingerprint density at radius 2 is 1.57 bits per heavy atom. The second-order valence-electron chi connectivity index (χ2n) is 7.00. The first-order chi connectivity index (χ1) is 13.4. The zero-order chi connectivity index (χ0) is 20.1. The van der Waals surface area contributed by atoms with Crippen molar-refractivity contribution in [3.05, 3.63) is 71.4 Å². The Labute approximate surface area is 165 Å². The second-order valence-corrected chi connectivity index (χ2v) is 7.00. The molecule has 1 amide bonds. The molecule has 0 atom stereocenters. The van der Waals surface area contributed by atoms with E-state index in [-0.39, 0.29) is 5.91 Å². The predicted octanol–water partition coefficient (Wildman–Crippen LogP) is 4.08. The van der Waals surface area contributed by atoms with Crippen molar-refractivity contribution in [1.29, 1.82) is 0 Å². The van der Waals surface area contributed by atoms with Crippen molar-refractivity contribution in [1.82, 2.24) is 9.97 Å². The number of rotatable bonds is 6. The minimum atomic E-state index is -0.0396. The normalized spacial score (nSPS) is 10.4. The van der Waals surface area contributed by atoms with Crippen LogP contribution in [0.1, 0.15) is 16.8 Å². The Balaban J connectivity index is 1.62. The lowest BCUT2D eigenvalue weighted by molar-refractivity contribution is -0.115. The average Bonchev–Trinajstić information content (AvgIpc) is 2.65. The molecule has 1 heterocycles. The van der Waals surface area contributed by atoms with Crippen LogP contribution in [0.15, 0.2) is 54.6 Å². The second kappa shape index (κ2) is 8.52. The van der Waals surface area contributed by atoms with Crippen molar-refractivity contribution in [3.8, 4) is 0 Å². The molecule has 1 aromatic heterocycles. The molecule has 2 N–H and O–H groups in total. The molecule has 0 fully saturated rings. The molecule has 0 unspecified atom stereocenters. The largest absolute Gasteiger partial charge is 0.363 e. The number of hydrogen-bond donors (Lipinski definition) is 2. The van der Waals surface area contributed by atoms with Gasteiger partial charge in [-0.3, -0.25) is 4.79 Å². The standard InChI is InChI=1S/C22H25N5O/c1-15-5-7-17(8-6-15)14-21(28)24-18-9-11-19(12-10-18)25-22-23-16(2)13-20(26-22)27(3)4/h5-13H,14H2,1-4H3,(H,24,28)(H,23,25,26). The maximum Gasteiger partial charge on any atom is 0.229 e. The lowest BCUT2D eigenvalue weighted by atomic mass is 10.1. The topological polar surface area (TPSA) is 70.2 Å². The third-order valence-electron chi connectivity index (χ3n) is 4.21. The van der Waals surface area contributed by atoms with Crippen LogP contribution in [-0.4, -0.2) is 30.0 Å². The summed E-state index contributed by atoms with van der Waals surface area (Å²) in [4.78, 5) is 23.1. The number of benzene rings is 2. The SMILES string of the molecule is Cc1ccc(CC(=O)Nc2ccc(Nc3nc(C)cc(N(C)C)n3)cc2)cc1. The smallest absolute Gasteiger partial charge is 0.229 e. The summed E-state index contributed by atoms with van der Waals surface area (Å²) in [6.07, 6.45) is 0.352. The van der Waals surface area contributed by atoms with Gasteiger partial charge in [-0.2, -0.15) is 4.98 Å². The fraction of sp³-hybridized carbons (Fsp3) is 0.227. The number of carbonyl (C=O) groups excluding carboxylic acids is 1.